The fraction of sp³-hybridized carbons (Fsp3) is 0.278. The van der Waals surface area contributed by atoms with Crippen LogP contribution in [-0.2, 0) is 11.4 Å². The largest absolute Gasteiger partial charge is 0.497 e. The van der Waals surface area contributed by atoms with E-state index in [0.29, 0.717) is 18.2 Å². The molecule has 3 rings (SSSR count). The second-order valence-electron chi connectivity index (χ2n) is 5.62. The Hall–Kier alpha value is -2.67. The Morgan fingerprint density at radius 1 is 1.28 bits per heavy atom. The number of nitrogens with zero attached hydrogens (tertiary/aromatic N) is 2. The van der Waals surface area contributed by atoms with Crippen molar-refractivity contribution in [1.82, 2.24) is 15.6 Å². The van der Waals surface area contributed by atoms with Crippen LogP contribution in [0.1, 0.15) is 17.5 Å². The van der Waals surface area contributed by atoms with Crippen molar-refractivity contribution in [2.24, 2.45) is 5.16 Å². The first-order valence-corrected chi connectivity index (χ1v) is 8.43. The SMILES string of the molecule is COc1ccc(C2=NO[C@@H](CNC(=S)NCc3cccnc3)C2)cc1. The van der Waals surface area contributed by atoms with Gasteiger partial charge in [-0.25, -0.2) is 0 Å². The minimum Gasteiger partial charge on any atom is -0.497 e. The van der Waals surface area contributed by atoms with E-state index in [1.54, 1.807) is 13.3 Å². The number of aromatic nitrogens is 1. The molecule has 6 nitrogen and oxygen atoms in total. The summed E-state index contributed by atoms with van der Waals surface area (Å²) in [7, 11) is 1.65. The van der Waals surface area contributed by atoms with E-state index in [1.807, 2.05) is 42.6 Å². The topological polar surface area (TPSA) is 67.8 Å². The predicted octanol–water partition coefficient (Wildman–Crippen LogP) is 2.25. The van der Waals surface area contributed by atoms with E-state index >= 15 is 0 Å². The summed E-state index contributed by atoms with van der Waals surface area (Å²) in [5.41, 5.74) is 3.05. The normalized spacial score (nSPS) is 15.9. The van der Waals surface area contributed by atoms with E-state index in [0.717, 1.165) is 29.0 Å². The summed E-state index contributed by atoms with van der Waals surface area (Å²) < 4.78 is 5.17. The molecule has 0 aliphatic carbocycles. The lowest BCUT2D eigenvalue weighted by atomic mass is 10.0. The smallest absolute Gasteiger partial charge is 0.166 e. The number of benzene rings is 1. The fourth-order valence-electron chi connectivity index (χ4n) is 2.45. The molecule has 0 bridgehead atoms. The van der Waals surface area contributed by atoms with E-state index in [4.69, 9.17) is 21.8 Å². The minimum atomic E-state index is -0.0322. The first-order valence-electron chi connectivity index (χ1n) is 8.02. The zero-order chi connectivity index (χ0) is 17.5. The highest BCUT2D eigenvalue weighted by molar-refractivity contribution is 7.80. The highest BCUT2D eigenvalue weighted by Crippen LogP contribution is 2.18. The van der Waals surface area contributed by atoms with Crippen LogP contribution >= 0.6 is 12.2 Å². The predicted molar refractivity (Wildman–Crippen MR) is 101 cm³/mol. The summed E-state index contributed by atoms with van der Waals surface area (Å²) in [4.78, 5) is 9.56. The third-order valence-electron chi connectivity index (χ3n) is 3.82. The molecule has 1 aromatic carbocycles. The van der Waals surface area contributed by atoms with Crippen LogP contribution in [-0.4, -0.2) is 35.6 Å². The van der Waals surface area contributed by atoms with Gasteiger partial charge in [0.15, 0.2) is 5.11 Å². The second-order valence-corrected chi connectivity index (χ2v) is 6.03. The summed E-state index contributed by atoms with van der Waals surface area (Å²) in [6.07, 6.45) is 4.27. The van der Waals surface area contributed by atoms with Gasteiger partial charge in [0, 0.05) is 25.4 Å². The number of thiocarbonyl (C=S) groups is 1. The average molecular weight is 356 g/mol. The van der Waals surface area contributed by atoms with Crippen molar-refractivity contribution in [2.75, 3.05) is 13.7 Å². The van der Waals surface area contributed by atoms with Gasteiger partial charge in [-0.1, -0.05) is 11.2 Å². The van der Waals surface area contributed by atoms with Gasteiger partial charge in [0.05, 0.1) is 19.4 Å². The maximum absolute atomic E-state index is 5.49. The van der Waals surface area contributed by atoms with Gasteiger partial charge in [-0.05, 0) is 53.7 Å². The Labute approximate surface area is 152 Å². The molecule has 7 heteroatoms. The maximum Gasteiger partial charge on any atom is 0.166 e. The van der Waals surface area contributed by atoms with Crippen molar-refractivity contribution in [3.8, 4) is 5.75 Å². The van der Waals surface area contributed by atoms with Gasteiger partial charge in [0.25, 0.3) is 0 Å². The molecule has 0 unspecified atom stereocenters. The molecule has 2 aromatic rings. The van der Waals surface area contributed by atoms with Gasteiger partial charge < -0.3 is 20.2 Å². The number of nitrogens with one attached hydrogen (secondary N) is 2. The quantitative estimate of drug-likeness (QED) is 0.774. The minimum absolute atomic E-state index is 0.0322. The van der Waals surface area contributed by atoms with E-state index in [-0.39, 0.29) is 6.10 Å². The van der Waals surface area contributed by atoms with Crippen LogP contribution in [0.2, 0.25) is 0 Å². The summed E-state index contributed by atoms with van der Waals surface area (Å²) in [5, 5.41) is 11.1. The molecule has 2 N–H and O–H groups in total. The lowest BCUT2D eigenvalue weighted by molar-refractivity contribution is 0.0885. The lowest BCUT2D eigenvalue weighted by Crippen LogP contribution is -2.39. The molecular formula is C18H20N4O2S. The molecule has 0 saturated carbocycles. The number of pyridine rings is 1. The third-order valence-corrected chi connectivity index (χ3v) is 4.11. The van der Waals surface area contributed by atoms with Crippen molar-refractivity contribution in [1.29, 1.82) is 0 Å². The van der Waals surface area contributed by atoms with Gasteiger partial charge >= 0.3 is 0 Å². The van der Waals surface area contributed by atoms with Gasteiger partial charge in [0.1, 0.15) is 11.9 Å². The van der Waals surface area contributed by atoms with Crippen molar-refractivity contribution >= 4 is 23.0 Å². The Morgan fingerprint density at radius 3 is 2.84 bits per heavy atom. The zero-order valence-electron chi connectivity index (χ0n) is 13.9. The Kier molecular flexibility index (Phi) is 5.79. The Bertz CT molecular complexity index is 735. The van der Waals surface area contributed by atoms with Crippen molar-refractivity contribution < 1.29 is 9.57 Å². The maximum atomic E-state index is 5.49. The number of oxime groups is 1. The van der Waals surface area contributed by atoms with Gasteiger partial charge in [0.2, 0.25) is 0 Å². The molecular weight excluding hydrogens is 336 g/mol. The molecule has 0 amide bonds. The number of methoxy groups -OCH3 is 1. The van der Waals surface area contributed by atoms with Gasteiger partial charge in [-0.3, -0.25) is 4.98 Å². The third kappa shape index (κ3) is 4.90. The number of hydrogen-bond donors (Lipinski definition) is 2. The molecule has 0 fully saturated rings. The van der Waals surface area contributed by atoms with Crippen LogP contribution in [0.4, 0.5) is 0 Å². The highest BCUT2D eigenvalue weighted by Gasteiger charge is 2.22. The molecule has 0 spiro atoms. The average Bonchev–Trinajstić information content (AvgIpc) is 3.14. The van der Waals surface area contributed by atoms with Crippen LogP contribution in [0.15, 0.2) is 53.9 Å². The summed E-state index contributed by atoms with van der Waals surface area (Å²) in [6, 6.07) is 11.7. The van der Waals surface area contributed by atoms with Crippen molar-refractivity contribution in [3.05, 3.63) is 59.9 Å². The van der Waals surface area contributed by atoms with E-state index in [9.17, 15) is 0 Å². The Morgan fingerprint density at radius 2 is 2.12 bits per heavy atom. The van der Waals surface area contributed by atoms with Gasteiger partial charge in [-0.15, -0.1) is 0 Å². The molecule has 0 radical (unpaired) electrons. The molecule has 1 aliphatic heterocycles. The van der Waals surface area contributed by atoms with E-state index < -0.39 is 0 Å². The summed E-state index contributed by atoms with van der Waals surface area (Å²) in [6.45, 7) is 1.24. The molecule has 2 heterocycles. The molecule has 130 valence electrons. The van der Waals surface area contributed by atoms with Crippen molar-refractivity contribution in [2.45, 2.75) is 19.1 Å². The highest BCUT2D eigenvalue weighted by atomic mass is 32.1. The fourth-order valence-corrected chi connectivity index (χ4v) is 2.60. The summed E-state index contributed by atoms with van der Waals surface area (Å²) >= 11 is 5.29. The van der Waals surface area contributed by atoms with Crippen LogP contribution in [0.3, 0.4) is 0 Å². The van der Waals surface area contributed by atoms with Crippen molar-refractivity contribution in [3.63, 3.8) is 0 Å². The first kappa shape index (κ1) is 17.2. The molecule has 25 heavy (non-hydrogen) atoms. The second kappa shape index (κ2) is 8.43. The zero-order valence-corrected chi connectivity index (χ0v) is 14.8. The summed E-state index contributed by atoms with van der Waals surface area (Å²) in [5.74, 6) is 0.825. The molecule has 1 aliphatic rings. The monoisotopic (exact) mass is 356 g/mol. The number of hydrogen-bond acceptors (Lipinski definition) is 5. The van der Waals surface area contributed by atoms with E-state index in [1.165, 1.54) is 0 Å². The number of rotatable bonds is 6. The standard InChI is InChI=1S/C18H20N4O2S/c1-23-15-6-4-14(5-7-15)17-9-16(24-22-17)12-21-18(25)20-11-13-3-2-8-19-10-13/h2-8,10,16H,9,11-12H2,1H3,(H2,20,21,25)/t16-/m1/s1. The Balaban J connectivity index is 1.40. The molecule has 1 aromatic heterocycles. The molecule has 0 saturated heterocycles. The lowest BCUT2D eigenvalue weighted by Gasteiger charge is -2.13. The molecule has 1 atom stereocenters. The van der Waals surface area contributed by atoms with E-state index in [2.05, 4.69) is 20.8 Å². The van der Waals surface area contributed by atoms with Crippen LogP contribution in [0, 0.1) is 0 Å². The van der Waals surface area contributed by atoms with Crippen LogP contribution in [0.25, 0.3) is 0 Å². The number of ether oxygens (including phenoxy) is 1. The first-order chi connectivity index (χ1) is 12.2. The van der Waals surface area contributed by atoms with Gasteiger partial charge in [-0.2, -0.15) is 0 Å². The van der Waals surface area contributed by atoms with Crippen LogP contribution < -0.4 is 15.4 Å². The van der Waals surface area contributed by atoms with Crippen LogP contribution in [0.5, 0.6) is 5.75 Å².